The molecular formula is C42H55N5O6S2. The van der Waals surface area contributed by atoms with Crippen molar-refractivity contribution >= 4 is 50.0 Å². The van der Waals surface area contributed by atoms with E-state index in [0.717, 1.165) is 53.7 Å². The summed E-state index contributed by atoms with van der Waals surface area (Å²) in [6.07, 6.45) is 14.3. The first kappa shape index (κ1) is 38.3. The minimum absolute atomic E-state index is 0.0168. The van der Waals surface area contributed by atoms with E-state index in [1.54, 1.807) is 23.2 Å². The number of thiazole rings is 1. The van der Waals surface area contributed by atoms with Crippen LogP contribution in [0.5, 0.6) is 6.01 Å². The summed E-state index contributed by atoms with van der Waals surface area (Å²) in [7, 11) is -3.89. The van der Waals surface area contributed by atoms with E-state index in [9.17, 15) is 22.8 Å². The van der Waals surface area contributed by atoms with Gasteiger partial charge in [-0.15, -0.1) is 11.3 Å². The third kappa shape index (κ3) is 7.28. The summed E-state index contributed by atoms with van der Waals surface area (Å²) < 4.78 is 36.6. The summed E-state index contributed by atoms with van der Waals surface area (Å²) in [5.74, 6) is -0.932. The van der Waals surface area contributed by atoms with Crippen LogP contribution in [0.4, 0.5) is 0 Å². The van der Waals surface area contributed by atoms with Gasteiger partial charge in [-0.25, -0.2) is 13.4 Å². The molecule has 3 aliphatic carbocycles. The van der Waals surface area contributed by atoms with Crippen LogP contribution in [0.3, 0.4) is 0 Å². The molecule has 11 nitrogen and oxygen atoms in total. The van der Waals surface area contributed by atoms with Crippen LogP contribution < -0.4 is 9.46 Å². The molecule has 2 aromatic heterocycles. The number of benzene rings is 1. The van der Waals surface area contributed by atoms with E-state index in [4.69, 9.17) is 14.7 Å². The minimum Gasteiger partial charge on any atom is -0.459 e. The Balaban J connectivity index is 1.08. The number of carbonyl (C=O) groups excluding carboxylic acids is 3. The van der Waals surface area contributed by atoms with Crippen LogP contribution in [0.25, 0.3) is 21.6 Å². The number of para-hydroxylation sites is 1. The molecule has 5 atom stereocenters. The molecule has 1 N–H and O–H groups in total. The highest BCUT2D eigenvalue weighted by Gasteiger charge is 2.62. The highest BCUT2D eigenvalue weighted by molar-refractivity contribution is 7.91. The number of rotatable bonds is 8. The molecule has 1 saturated heterocycles. The number of hydrogen-bond acceptors (Lipinski definition) is 9. The predicted molar refractivity (Wildman–Crippen MR) is 213 cm³/mol. The third-order valence-electron chi connectivity index (χ3n) is 13.1. The first-order chi connectivity index (χ1) is 26.3. The first-order valence-corrected chi connectivity index (χ1v) is 22.9. The third-order valence-corrected chi connectivity index (χ3v) is 16.2. The zero-order chi connectivity index (χ0) is 38.7. The van der Waals surface area contributed by atoms with Crippen molar-refractivity contribution in [3.63, 3.8) is 0 Å². The van der Waals surface area contributed by atoms with Crippen LogP contribution in [0.2, 0.25) is 0 Å². The van der Waals surface area contributed by atoms with Crippen molar-refractivity contribution in [2.75, 3.05) is 6.54 Å². The second kappa shape index (κ2) is 14.7. The van der Waals surface area contributed by atoms with Gasteiger partial charge in [0.1, 0.15) is 16.6 Å². The van der Waals surface area contributed by atoms with E-state index in [1.165, 1.54) is 31.4 Å². The lowest BCUT2D eigenvalue weighted by Gasteiger charge is -2.28. The molecule has 2 amide bonds. The summed E-state index contributed by atoms with van der Waals surface area (Å²) in [4.78, 5) is 54.4. The van der Waals surface area contributed by atoms with E-state index in [2.05, 4.69) is 40.7 Å². The summed E-state index contributed by atoms with van der Waals surface area (Å²) in [6, 6.07) is 5.80. The lowest BCUT2D eigenvalue weighted by atomic mass is 9.91. The SMILES string of the molecule is CC(C)n1c(O[C@@H]2C[C@H]3C(=O)C[C@]4(C(=O)NS(=O)(=O)C5(C)CC5)C[C@H]4/C=C\CCCCC[C@H](C)C(=O)N3C2)nc2c(-c3nc(C4CCCC4)cs3)cccc21. The number of allylic oxidation sites excluding steroid dienone is 2. The Bertz CT molecular complexity index is 2110. The molecule has 8 rings (SSSR count). The standard InChI is InChI=1S/C42H55N5O6S2/c1-26(2)47-33-18-12-17-31(37-43-32(25-54-37)28-14-10-11-15-28)36(33)44-40(47)53-30-21-34-35(48)23-42(39(50)45-55(51,52)41(4)19-20-41)22-29(42)16-9-7-5-6-8-13-27(3)38(49)46(34)24-30/h9,12,16-18,25-30,34H,5-8,10-11,13-15,19-24H2,1-4H3,(H,45,50)/b16-9-/t27-,29+,30+,34-,42+/m0/s1. The van der Waals surface area contributed by atoms with Crippen molar-refractivity contribution in [1.29, 1.82) is 0 Å². The second-order valence-corrected chi connectivity index (χ2v) is 20.6. The van der Waals surface area contributed by atoms with Gasteiger partial charge in [0.05, 0.1) is 34.0 Å². The number of carbonyl (C=O) groups is 3. The van der Waals surface area contributed by atoms with Gasteiger partial charge < -0.3 is 9.64 Å². The summed E-state index contributed by atoms with van der Waals surface area (Å²) in [6.45, 7) is 7.98. The van der Waals surface area contributed by atoms with Gasteiger partial charge in [-0.05, 0) is 90.2 Å². The van der Waals surface area contributed by atoms with Gasteiger partial charge in [0.15, 0.2) is 5.78 Å². The van der Waals surface area contributed by atoms with E-state index in [0.29, 0.717) is 31.2 Å². The fourth-order valence-electron chi connectivity index (χ4n) is 9.16. The number of amides is 2. The molecule has 0 bridgehead atoms. The molecule has 0 radical (unpaired) electrons. The molecule has 0 spiro atoms. The van der Waals surface area contributed by atoms with Crippen molar-refractivity contribution < 1.29 is 27.5 Å². The Morgan fingerprint density at radius 3 is 2.56 bits per heavy atom. The molecule has 4 heterocycles. The molecule has 0 unspecified atom stereocenters. The van der Waals surface area contributed by atoms with Crippen molar-refractivity contribution in [1.82, 2.24) is 24.2 Å². The maximum atomic E-state index is 14.5. The Hall–Kier alpha value is -3.58. The number of fused-ring (bicyclic) bond motifs is 3. The van der Waals surface area contributed by atoms with Crippen LogP contribution in [0.1, 0.15) is 135 Å². The van der Waals surface area contributed by atoms with E-state index < -0.39 is 38.2 Å². The van der Waals surface area contributed by atoms with Crippen molar-refractivity contribution in [2.45, 2.75) is 146 Å². The zero-order valence-corrected chi connectivity index (χ0v) is 34.2. The Kier molecular flexibility index (Phi) is 10.3. The number of sulfonamides is 1. The monoisotopic (exact) mass is 789 g/mol. The molecule has 3 aromatic rings. The van der Waals surface area contributed by atoms with Crippen LogP contribution in [-0.2, 0) is 24.4 Å². The van der Waals surface area contributed by atoms with Gasteiger partial charge in [0.2, 0.25) is 21.8 Å². The fourth-order valence-corrected chi connectivity index (χ4v) is 11.4. The van der Waals surface area contributed by atoms with E-state index >= 15 is 0 Å². The maximum Gasteiger partial charge on any atom is 0.297 e. The predicted octanol–water partition coefficient (Wildman–Crippen LogP) is 7.87. The quantitative estimate of drug-likeness (QED) is 0.228. The average molecular weight is 790 g/mol. The van der Waals surface area contributed by atoms with Gasteiger partial charge in [0, 0.05) is 41.7 Å². The highest BCUT2D eigenvalue weighted by Crippen LogP contribution is 2.57. The van der Waals surface area contributed by atoms with Crippen molar-refractivity contribution in [3.05, 3.63) is 41.4 Å². The molecule has 296 valence electrons. The second-order valence-electron chi connectivity index (χ2n) is 17.5. The van der Waals surface area contributed by atoms with Crippen LogP contribution in [0.15, 0.2) is 35.7 Å². The number of hydrogen-bond donors (Lipinski definition) is 1. The normalized spacial score (nSPS) is 29.4. The van der Waals surface area contributed by atoms with E-state index in [-0.39, 0.29) is 49.0 Å². The molecule has 1 aromatic carbocycles. The topological polar surface area (TPSA) is 141 Å². The smallest absolute Gasteiger partial charge is 0.297 e. The molecule has 13 heteroatoms. The minimum atomic E-state index is -3.89. The molecule has 3 saturated carbocycles. The number of aromatic nitrogens is 3. The van der Waals surface area contributed by atoms with Crippen molar-refractivity contribution in [3.8, 4) is 16.6 Å². The number of nitrogens with one attached hydrogen (secondary N) is 1. The number of ether oxygens (including phenoxy) is 1. The number of nitrogens with zero attached hydrogens (tertiary/aromatic N) is 4. The van der Waals surface area contributed by atoms with Crippen LogP contribution in [-0.4, -0.2) is 68.9 Å². The van der Waals surface area contributed by atoms with E-state index in [1.807, 2.05) is 25.1 Å². The molecule has 4 fully saturated rings. The summed E-state index contributed by atoms with van der Waals surface area (Å²) >= 11 is 1.65. The van der Waals surface area contributed by atoms with Gasteiger partial charge in [-0.2, -0.15) is 4.98 Å². The summed E-state index contributed by atoms with van der Waals surface area (Å²) in [5, 5.41) is 3.13. The fraction of sp³-hybridized carbons (Fsp3) is 0.643. The Morgan fingerprint density at radius 2 is 1.82 bits per heavy atom. The van der Waals surface area contributed by atoms with Crippen molar-refractivity contribution in [2.24, 2.45) is 17.3 Å². The number of imidazole rings is 1. The Morgan fingerprint density at radius 1 is 1.05 bits per heavy atom. The Labute approximate surface area is 328 Å². The van der Waals surface area contributed by atoms with Gasteiger partial charge in [-0.1, -0.05) is 50.8 Å². The maximum absolute atomic E-state index is 14.5. The average Bonchev–Trinajstić information content (AvgIpc) is 3.65. The lowest BCUT2D eigenvalue weighted by molar-refractivity contribution is -0.141. The van der Waals surface area contributed by atoms with Gasteiger partial charge in [0.25, 0.3) is 6.01 Å². The number of Topliss-reactive ketones (excluding diaryl/α,β-unsaturated/α-hetero) is 1. The lowest BCUT2D eigenvalue weighted by Crippen LogP contribution is -2.46. The van der Waals surface area contributed by atoms with Gasteiger partial charge >= 0.3 is 0 Å². The summed E-state index contributed by atoms with van der Waals surface area (Å²) in [5.41, 5.74) is 2.70. The molecule has 2 aliphatic heterocycles. The largest absolute Gasteiger partial charge is 0.459 e. The zero-order valence-electron chi connectivity index (χ0n) is 32.6. The van der Waals surface area contributed by atoms with Crippen LogP contribution >= 0.6 is 11.3 Å². The first-order valence-electron chi connectivity index (χ1n) is 20.5. The molecule has 5 aliphatic rings. The number of ketones is 1. The van der Waals surface area contributed by atoms with Crippen LogP contribution in [0, 0.1) is 17.3 Å². The molecule has 55 heavy (non-hydrogen) atoms. The molecular weight excluding hydrogens is 735 g/mol. The highest BCUT2D eigenvalue weighted by atomic mass is 32.2. The van der Waals surface area contributed by atoms with Gasteiger partial charge in [-0.3, -0.25) is 23.7 Å².